The lowest BCUT2D eigenvalue weighted by molar-refractivity contribution is -0.136. The van der Waals surface area contributed by atoms with Crippen LogP contribution in [0, 0.1) is 5.92 Å². The second-order valence-corrected chi connectivity index (χ2v) is 10.6. The SMILES string of the molecule is CC1CCC(N(C)C(=O)COC(=O)c2cc(S(=O)(=O)NC3CC3)c(Cl)cc2Cl)CC1. The molecule has 2 aliphatic carbocycles. The molecule has 7 nitrogen and oxygen atoms in total. The summed E-state index contributed by atoms with van der Waals surface area (Å²) in [7, 11) is -2.18. The number of carbonyl (C=O) groups excluding carboxylic acids is 2. The minimum Gasteiger partial charge on any atom is -0.452 e. The molecule has 0 radical (unpaired) electrons. The van der Waals surface area contributed by atoms with Crippen LogP contribution < -0.4 is 4.72 Å². The Balaban J connectivity index is 1.66. The maximum Gasteiger partial charge on any atom is 0.340 e. The van der Waals surface area contributed by atoms with Crippen LogP contribution in [-0.2, 0) is 19.6 Å². The number of likely N-dealkylation sites (N-methyl/N-ethyl adjacent to an activating group) is 1. The normalized spacial score (nSPS) is 21.9. The average molecular weight is 477 g/mol. The van der Waals surface area contributed by atoms with Crippen molar-refractivity contribution < 1.29 is 22.7 Å². The van der Waals surface area contributed by atoms with Gasteiger partial charge in [0.05, 0.1) is 15.6 Å². The van der Waals surface area contributed by atoms with Crippen molar-refractivity contribution >= 4 is 45.1 Å². The molecule has 0 aliphatic heterocycles. The molecule has 0 aromatic heterocycles. The van der Waals surface area contributed by atoms with Crippen LogP contribution in [0.3, 0.4) is 0 Å². The van der Waals surface area contributed by atoms with Crippen LogP contribution in [0.4, 0.5) is 0 Å². The molecule has 2 aliphatic rings. The molecule has 166 valence electrons. The lowest BCUT2D eigenvalue weighted by Crippen LogP contribution is -2.41. The highest BCUT2D eigenvalue weighted by Gasteiger charge is 2.31. The third kappa shape index (κ3) is 5.66. The maximum atomic E-state index is 12.5. The Kier molecular flexibility index (Phi) is 7.32. The number of ether oxygens (including phenoxy) is 1. The van der Waals surface area contributed by atoms with Gasteiger partial charge in [0, 0.05) is 19.1 Å². The van der Waals surface area contributed by atoms with Crippen LogP contribution in [0.25, 0.3) is 0 Å². The van der Waals surface area contributed by atoms with Crippen molar-refractivity contribution in [3.63, 3.8) is 0 Å². The van der Waals surface area contributed by atoms with Crippen molar-refractivity contribution in [2.75, 3.05) is 13.7 Å². The van der Waals surface area contributed by atoms with Gasteiger partial charge in [-0.2, -0.15) is 0 Å². The molecule has 0 saturated heterocycles. The summed E-state index contributed by atoms with van der Waals surface area (Å²) in [5.41, 5.74) is -0.154. The monoisotopic (exact) mass is 476 g/mol. The first-order valence-corrected chi connectivity index (χ1v) is 12.3. The molecule has 0 atom stereocenters. The van der Waals surface area contributed by atoms with Crippen LogP contribution >= 0.6 is 23.2 Å². The van der Waals surface area contributed by atoms with E-state index < -0.39 is 22.6 Å². The van der Waals surface area contributed by atoms with Gasteiger partial charge in [-0.3, -0.25) is 4.79 Å². The number of nitrogens with zero attached hydrogens (tertiary/aromatic N) is 1. The Bertz CT molecular complexity index is 925. The molecule has 10 heteroatoms. The maximum absolute atomic E-state index is 12.5. The molecule has 0 spiro atoms. The van der Waals surface area contributed by atoms with E-state index in [4.69, 9.17) is 27.9 Å². The second-order valence-electron chi connectivity index (χ2n) is 8.15. The summed E-state index contributed by atoms with van der Waals surface area (Å²) in [6.45, 7) is 1.76. The number of rotatable bonds is 7. The van der Waals surface area contributed by atoms with E-state index >= 15 is 0 Å². The molecule has 0 unspecified atom stereocenters. The fraction of sp³-hybridized carbons (Fsp3) is 0.600. The van der Waals surface area contributed by atoms with Crippen molar-refractivity contribution in [1.82, 2.24) is 9.62 Å². The third-order valence-corrected chi connectivity index (χ3v) is 7.98. The van der Waals surface area contributed by atoms with Crippen LogP contribution in [0.2, 0.25) is 10.0 Å². The van der Waals surface area contributed by atoms with Crippen molar-refractivity contribution in [3.05, 3.63) is 27.7 Å². The van der Waals surface area contributed by atoms with Crippen LogP contribution in [0.15, 0.2) is 17.0 Å². The molecule has 2 saturated carbocycles. The molecule has 1 aromatic rings. The highest BCUT2D eigenvalue weighted by atomic mass is 35.5. The molecule has 1 N–H and O–H groups in total. The summed E-state index contributed by atoms with van der Waals surface area (Å²) in [5.74, 6) is -0.524. The Labute approximate surface area is 187 Å². The highest BCUT2D eigenvalue weighted by Crippen LogP contribution is 2.31. The standard InChI is InChI=1S/C20H26Cl2N2O5S/c1-12-3-7-14(8-4-12)24(2)19(25)11-29-20(26)15-9-18(17(22)10-16(15)21)30(27,28)23-13-5-6-13/h9-10,12-14,23H,3-8,11H2,1-2H3. The summed E-state index contributed by atoms with van der Waals surface area (Å²) < 4.78 is 32.6. The Hall–Kier alpha value is -1.35. The van der Waals surface area contributed by atoms with Crippen molar-refractivity contribution in [1.29, 1.82) is 0 Å². The summed E-state index contributed by atoms with van der Waals surface area (Å²) in [6.07, 6.45) is 5.50. The Morgan fingerprint density at radius 2 is 1.73 bits per heavy atom. The number of amides is 1. The number of halogens is 2. The lowest BCUT2D eigenvalue weighted by Gasteiger charge is -2.33. The summed E-state index contributed by atoms with van der Waals surface area (Å²) in [5, 5.41) is -0.135. The first-order chi connectivity index (χ1) is 14.1. The Morgan fingerprint density at radius 1 is 1.10 bits per heavy atom. The first-order valence-electron chi connectivity index (χ1n) is 10.0. The number of carbonyl (C=O) groups is 2. The van der Waals surface area contributed by atoms with E-state index in [2.05, 4.69) is 11.6 Å². The number of nitrogens with one attached hydrogen (secondary N) is 1. The van der Waals surface area contributed by atoms with Gasteiger partial charge in [0.1, 0.15) is 4.90 Å². The zero-order valence-corrected chi connectivity index (χ0v) is 19.3. The van der Waals surface area contributed by atoms with Gasteiger partial charge < -0.3 is 9.64 Å². The topological polar surface area (TPSA) is 92.8 Å². The van der Waals surface area contributed by atoms with Crippen molar-refractivity contribution in [2.45, 2.75) is 62.4 Å². The number of hydrogen-bond donors (Lipinski definition) is 1. The zero-order valence-electron chi connectivity index (χ0n) is 17.0. The van der Waals surface area contributed by atoms with Gasteiger partial charge in [0.15, 0.2) is 6.61 Å². The molecule has 1 aromatic carbocycles. The molecule has 3 rings (SSSR count). The van der Waals surface area contributed by atoms with Gasteiger partial charge in [-0.15, -0.1) is 0 Å². The number of sulfonamides is 1. The van der Waals surface area contributed by atoms with E-state index in [1.165, 1.54) is 6.07 Å². The Morgan fingerprint density at radius 3 is 2.33 bits per heavy atom. The molecule has 0 bridgehead atoms. The average Bonchev–Trinajstić information content (AvgIpc) is 3.49. The van der Waals surface area contributed by atoms with Gasteiger partial charge >= 0.3 is 5.97 Å². The number of benzene rings is 1. The summed E-state index contributed by atoms with van der Waals surface area (Å²) in [4.78, 5) is 26.3. The van der Waals surface area contributed by atoms with E-state index in [-0.39, 0.29) is 38.5 Å². The molecule has 1 amide bonds. The highest BCUT2D eigenvalue weighted by molar-refractivity contribution is 7.89. The smallest absolute Gasteiger partial charge is 0.340 e. The van der Waals surface area contributed by atoms with Gasteiger partial charge in [-0.25, -0.2) is 17.9 Å². The van der Waals surface area contributed by atoms with Gasteiger partial charge in [-0.05, 0) is 56.6 Å². The molecule has 2 fully saturated rings. The third-order valence-electron chi connectivity index (χ3n) is 5.68. The molecular weight excluding hydrogens is 451 g/mol. The first kappa shape index (κ1) is 23.3. The van der Waals surface area contributed by atoms with E-state index in [0.29, 0.717) is 5.92 Å². The van der Waals surface area contributed by atoms with E-state index in [1.54, 1.807) is 11.9 Å². The van der Waals surface area contributed by atoms with E-state index in [9.17, 15) is 18.0 Å². The minimum absolute atomic E-state index is 0.0440. The molecular formula is C20H26Cl2N2O5S. The predicted octanol–water partition coefficient (Wildman–Crippen LogP) is 3.63. The van der Waals surface area contributed by atoms with Crippen molar-refractivity contribution in [3.8, 4) is 0 Å². The predicted molar refractivity (Wildman–Crippen MR) is 114 cm³/mol. The summed E-state index contributed by atoms with van der Waals surface area (Å²) in [6, 6.07) is 2.30. The minimum atomic E-state index is -3.89. The fourth-order valence-corrected chi connectivity index (χ4v) is 5.67. The van der Waals surface area contributed by atoms with Crippen LogP contribution in [0.5, 0.6) is 0 Å². The number of hydrogen-bond acceptors (Lipinski definition) is 5. The zero-order chi connectivity index (χ0) is 22.1. The quantitative estimate of drug-likeness (QED) is 0.606. The molecule has 30 heavy (non-hydrogen) atoms. The lowest BCUT2D eigenvalue weighted by atomic mass is 9.87. The van der Waals surface area contributed by atoms with Gasteiger partial charge in [0.2, 0.25) is 10.0 Å². The van der Waals surface area contributed by atoms with Crippen LogP contribution in [0.1, 0.15) is 55.8 Å². The number of esters is 1. The van der Waals surface area contributed by atoms with E-state index in [0.717, 1.165) is 44.6 Å². The molecule has 0 heterocycles. The largest absolute Gasteiger partial charge is 0.452 e. The van der Waals surface area contributed by atoms with Gasteiger partial charge in [-0.1, -0.05) is 30.1 Å². The van der Waals surface area contributed by atoms with E-state index in [1.807, 2.05) is 0 Å². The van der Waals surface area contributed by atoms with Crippen molar-refractivity contribution in [2.24, 2.45) is 5.92 Å². The second kappa shape index (κ2) is 9.42. The summed E-state index contributed by atoms with van der Waals surface area (Å²) >= 11 is 12.1. The van der Waals surface area contributed by atoms with Crippen LogP contribution in [-0.4, -0.2) is 50.9 Å². The fourth-order valence-electron chi connectivity index (χ4n) is 3.52. The van der Waals surface area contributed by atoms with Gasteiger partial charge in [0.25, 0.3) is 5.91 Å².